The van der Waals surface area contributed by atoms with E-state index in [9.17, 15) is 4.79 Å². The third kappa shape index (κ3) is 1.26. The van der Waals surface area contributed by atoms with E-state index in [0.29, 0.717) is 12.5 Å². The third-order valence-electron chi connectivity index (χ3n) is 2.46. The highest BCUT2D eigenvalue weighted by Gasteiger charge is 2.44. The van der Waals surface area contributed by atoms with Gasteiger partial charge in [0.05, 0.1) is 0 Å². The Kier molecular flexibility index (Phi) is 1.95. The Morgan fingerprint density at radius 1 is 1.64 bits per heavy atom. The van der Waals surface area contributed by atoms with Crippen LogP contribution in [0, 0.1) is 0 Å². The molecule has 0 aromatic heterocycles. The predicted octanol–water partition coefficient (Wildman–Crippen LogP) is 1.80. The van der Waals surface area contributed by atoms with Gasteiger partial charge in [-0.25, -0.2) is 0 Å². The Morgan fingerprint density at radius 2 is 2.18 bits per heavy atom. The molecule has 64 valence electrons. The van der Waals surface area contributed by atoms with Gasteiger partial charge in [0.2, 0.25) is 5.91 Å². The molecule has 11 heavy (non-hydrogen) atoms. The molecule has 2 nitrogen and oxygen atoms in total. The summed E-state index contributed by atoms with van der Waals surface area (Å²) in [6, 6.07) is 0.456. The molecule has 1 fully saturated rings. The molecule has 0 spiro atoms. The van der Waals surface area contributed by atoms with Crippen molar-refractivity contribution >= 4 is 5.91 Å². The first kappa shape index (κ1) is 8.57. The van der Waals surface area contributed by atoms with Gasteiger partial charge >= 0.3 is 0 Å². The average molecular weight is 155 g/mol. The average Bonchev–Trinajstić information content (AvgIpc) is 1.85. The number of hydrogen-bond donors (Lipinski definition) is 0. The van der Waals surface area contributed by atoms with E-state index in [1.807, 2.05) is 11.8 Å². The molecule has 0 saturated carbocycles. The molecular formula is C9H17NO. The standard InChI is InChI=1S/C9H17NO/c1-5-8(11)10-7(2)6-9(10,3)4/h7H,5-6H2,1-4H3. The van der Waals surface area contributed by atoms with E-state index >= 15 is 0 Å². The Labute approximate surface area is 68.6 Å². The molecule has 1 saturated heterocycles. The zero-order valence-electron chi connectivity index (χ0n) is 7.85. The van der Waals surface area contributed by atoms with Crippen LogP contribution in [0.2, 0.25) is 0 Å². The van der Waals surface area contributed by atoms with Gasteiger partial charge in [-0.1, -0.05) is 6.92 Å². The molecule has 1 aliphatic heterocycles. The highest BCUT2D eigenvalue weighted by atomic mass is 16.2. The summed E-state index contributed by atoms with van der Waals surface area (Å²) in [7, 11) is 0. The maximum Gasteiger partial charge on any atom is 0.222 e. The lowest BCUT2D eigenvalue weighted by Crippen LogP contribution is -2.63. The van der Waals surface area contributed by atoms with Crippen molar-refractivity contribution in [1.29, 1.82) is 0 Å². The second kappa shape index (κ2) is 2.50. The van der Waals surface area contributed by atoms with E-state index in [1.165, 1.54) is 0 Å². The first-order valence-electron chi connectivity index (χ1n) is 4.31. The van der Waals surface area contributed by atoms with Crippen LogP contribution in [0.15, 0.2) is 0 Å². The molecule has 0 radical (unpaired) electrons. The van der Waals surface area contributed by atoms with Crippen molar-refractivity contribution in [3.05, 3.63) is 0 Å². The largest absolute Gasteiger partial charge is 0.335 e. The molecule has 0 aromatic rings. The SMILES string of the molecule is CCC(=O)N1C(C)CC1(C)C. The van der Waals surface area contributed by atoms with Gasteiger partial charge in [-0.15, -0.1) is 0 Å². The number of carbonyl (C=O) groups is 1. The lowest BCUT2D eigenvalue weighted by Gasteiger charge is -2.54. The number of likely N-dealkylation sites (tertiary alicyclic amines) is 1. The van der Waals surface area contributed by atoms with E-state index in [0.717, 1.165) is 6.42 Å². The maximum atomic E-state index is 11.3. The molecule has 0 aromatic carbocycles. The van der Waals surface area contributed by atoms with Crippen LogP contribution in [0.5, 0.6) is 0 Å². The number of nitrogens with zero attached hydrogens (tertiary/aromatic N) is 1. The minimum Gasteiger partial charge on any atom is -0.335 e. The first-order valence-corrected chi connectivity index (χ1v) is 4.31. The molecule has 1 heterocycles. The molecule has 1 atom stereocenters. The third-order valence-corrected chi connectivity index (χ3v) is 2.46. The Bertz CT molecular complexity index is 174. The molecular weight excluding hydrogens is 138 g/mol. The van der Waals surface area contributed by atoms with Crippen LogP contribution in [-0.2, 0) is 4.79 Å². The van der Waals surface area contributed by atoms with Gasteiger partial charge in [-0.3, -0.25) is 4.79 Å². The van der Waals surface area contributed by atoms with Crippen molar-refractivity contribution in [1.82, 2.24) is 4.90 Å². The van der Waals surface area contributed by atoms with Crippen molar-refractivity contribution < 1.29 is 4.79 Å². The second-order valence-electron chi connectivity index (χ2n) is 3.98. The van der Waals surface area contributed by atoms with Crippen molar-refractivity contribution in [2.45, 2.75) is 52.1 Å². The quantitative estimate of drug-likeness (QED) is 0.565. The molecule has 1 unspecified atom stereocenters. The van der Waals surface area contributed by atoms with Gasteiger partial charge in [0, 0.05) is 18.0 Å². The van der Waals surface area contributed by atoms with E-state index in [4.69, 9.17) is 0 Å². The molecule has 0 N–H and O–H groups in total. The topological polar surface area (TPSA) is 20.3 Å². The minimum absolute atomic E-state index is 0.118. The summed E-state index contributed by atoms with van der Waals surface area (Å²) in [4.78, 5) is 13.3. The maximum absolute atomic E-state index is 11.3. The van der Waals surface area contributed by atoms with Crippen LogP contribution in [0.1, 0.15) is 40.5 Å². The molecule has 1 rings (SSSR count). The summed E-state index contributed by atoms with van der Waals surface area (Å²) in [6.07, 6.45) is 1.77. The van der Waals surface area contributed by atoms with Crippen LogP contribution in [0.4, 0.5) is 0 Å². The van der Waals surface area contributed by atoms with E-state index in [-0.39, 0.29) is 11.4 Å². The van der Waals surface area contributed by atoms with Crippen molar-refractivity contribution in [2.75, 3.05) is 0 Å². The summed E-state index contributed by atoms with van der Waals surface area (Å²) in [5.41, 5.74) is 0.118. The zero-order chi connectivity index (χ0) is 8.65. The number of carbonyl (C=O) groups excluding carboxylic acids is 1. The van der Waals surface area contributed by atoms with E-state index in [2.05, 4.69) is 20.8 Å². The van der Waals surface area contributed by atoms with Gasteiger partial charge in [-0.2, -0.15) is 0 Å². The van der Waals surface area contributed by atoms with Crippen molar-refractivity contribution in [3.8, 4) is 0 Å². The zero-order valence-corrected chi connectivity index (χ0v) is 7.85. The predicted molar refractivity (Wildman–Crippen MR) is 45.3 cm³/mol. The van der Waals surface area contributed by atoms with E-state index < -0.39 is 0 Å². The smallest absolute Gasteiger partial charge is 0.222 e. The molecule has 1 aliphatic rings. The number of rotatable bonds is 1. The minimum atomic E-state index is 0.118. The number of hydrogen-bond acceptors (Lipinski definition) is 1. The fraction of sp³-hybridized carbons (Fsp3) is 0.889. The van der Waals surface area contributed by atoms with Gasteiger partial charge in [0.25, 0.3) is 0 Å². The molecule has 1 amide bonds. The van der Waals surface area contributed by atoms with Crippen LogP contribution in [-0.4, -0.2) is 22.4 Å². The highest BCUT2D eigenvalue weighted by molar-refractivity contribution is 5.78. The lowest BCUT2D eigenvalue weighted by molar-refractivity contribution is -0.151. The highest BCUT2D eigenvalue weighted by Crippen LogP contribution is 2.35. The Balaban J connectivity index is 2.63. The summed E-state index contributed by atoms with van der Waals surface area (Å²) in [5, 5.41) is 0. The van der Waals surface area contributed by atoms with Crippen molar-refractivity contribution in [2.24, 2.45) is 0 Å². The fourth-order valence-corrected chi connectivity index (χ4v) is 2.15. The molecule has 0 aliphatic carbocycles. The van der Waals surface area contributed by atoms with Gasteiger partial charge in [-0.05, 0) is 27.2 Å². The Morgan fingerprint density at radius 3 is 2.36 bits per heavy atom. The van der Waals surface area contributed by atoms with Crippen LogP contribution >= 0.6 is 0 Å². The monoisotopic (exact) mass is 155 g/mol. The number of amides is 1. The summed E-state index contributed by atoms with van der Waals surface area (Å²) in [6.45, 7) is 8.28. The van der Waals surface area contributed by atoms with Crippen LogP contribution in [0.25, 0.3) is 0 Å². The van der Waals surface area contributed by atoms with E-state index in [1.54, 1.807) is 0 Å². The van der Waals surface area contributed by atoms with Gasteiger partial charge in [0.15, 0.2) is 0 Å². The van der Waals surface area contributed by atoms with Crippen molar-refractivity contribution in [3.63, 3.8) is 0 Å². The molecule has 2 heteroatoms. The second-order valence-corrected chi connectivity index (χ2v) is 3.98. The normalized spacial score (nSPS) is 28.0. The summed E-state index contributed by atoms with van der Waals surface area (Å²) < 4.78 is 0. The summed E-state index contributed by atoms with van der Waals surface area (Å²) >= 11 is 0. The lowest BCUT2D eigenvalue weighted by atomic mass is 9.82. The summed E-state index contributed by atoms with van der Waals surface area (Å²) in [5.74, 6) is 0.286. The molecule has 0 bridgehead atoms. The Hall–Kier alpha value is -0.530. The van der Waals surface area contributed by atoms with Crippen LogP contribution in [0.3, 0.4) is 0 Å². The first-order chi connectivity index (χ1) is 4.99. The fourth-order valence-electron chi connectivity index (χ4n) is 2.15. The van der Waals surface area contributed by atoms with Gasteiger partial charge < -0.3 is 4.90 Å². The van der Waals surface area contributed by atoms with Gasteiger partial charge in [0.1, 0.15) is 0 Å². The van der Waals surface area contributed by atoms with Crippen LogP contribution < -0.4 is 0 Å².